The van der Waals surface area contributed by atoms with E-state index in [9.17, 15) is 0 Å². The van der Waals surface area contributed by atoms with Crippen LogP contribution in [0.15, 0.2) is 0 Å². The Morgan fingerprint density at radius 3 is 2.25 bits per heavy atom. The van der Waals surface area contributed by atoms with Crippen molar-refractivity contribution in [2.24, 2.45) is 0 Å². The molecule has 3 fully saturated rings. The van der Waals surface area contributed by atoms with E-state index in [2.05, 4.69) is 5.32 Å². The van der Waals surface area contributed by atoms with E-state index in [1.807, 2.05) is 0 Å². The summed E-state index contributed by atoms with van der Waals surface area (Å²) in [6.45, 7) is 3.88. The molecule has 0 aromatic carbocycles. The summed E-state index contributed by atoms with van der Waals surface area (Å²) in [5, 5.41) is 3.63. The third-order valence-electron chi connectivity index (χ3n) is 4.47. The van der Waals surface area contributed by atoms with E-state index >= 15 is 0 Å². The van der Waals surface area contributed by atoms with E-state index in [0.29, 0.717) is 0 Å². The Bertz CT molecular complexity index is 240. The summed E-state index contributed by atoms with van der Waals surface area (Å²) < 4.78 is 12.2. The Hall–Kier alpha value is -0.120. The average Bonchev–Trinajstić information content (AvgIpc) is 2.60. The highest BCUT2D eigenvalue weighted by Gasteiger charge is 2.46. The van der Waals surface area contributed by atoms with Crippen LogP contribution in [0.5, 0.6) is 0 Å². The van der Waals surface area contributed by atoms with E-state index in [1.165, 1.54) is 32.1 Å². The molecule has 2 spiro atoms. The average molecular weight is 225 g/mol. The molecule has 0 aromatic rings. The van der Waals surface area contributed by atoms with Crippen LogP contribution in [-0.2, 0) is 9.47 Å². The Labute approximate surface area is 97.9 Å². The molecule has 1 atom stereocenters. The molecular weight excluding hydrogens is 202 g/mol. The first-order chi connectivity index (χ1) is 7.83. The van der Waals surface area contributed by atoms with Gasteiger partial charge in [-0.25, -0.2) is 0 Å². The van der Waals surface area contributed by atoms with E-state index < -0.39 is 0 Å². The zero-order chi connectivity index (χ0) is 10.9. The van der Waals surface area contributed by atoms with E-state index in [1.54, 1.807) is 0 Å². The molecule has 2 aliphatic heterocycles. The van der Waals surface area contributed by atoms with Gasteiger partial charge >= 0.3 is 0 Å². The molecule has 3 aliphatic rings. The molecule has 1 unspecified atom stereocenters. The highest BCUT2D eigenvalue weighted by atomic mass is 16.5. The second kappa shape index (κ2) is 4.28. The molecule has 2 heterocycles. The summed E-state index contributed by atoms with van der Waals surface area (Å²) in [6, 6.07) is 0. The Balaban J connectivity index is 1.74. The fourth-order valence-corrected chi connectivity index (χ4v) is 3.61. The van der Waals surface area contributed by atoms with Crippen molar-refractivity contribution in [1.29, 1.82) is 0 Å². The molecule has 0 aromatic heterocycles. The SMILES string of the molecule is C1CCC2(C1)CNCC1(CCCOCC1)O2. The van der Waals surface area contributed by atoms with Crippen molar-refractivity contribution in [2.45, 2.75) is 56.1 Å². The van der Waals surface area contributed by atoms with Gasteiger partial charge < -0.3 is 14.8 Å². The fourth-order valence-electron chi connectivity index (χ4n) is 3.61. The Morgan fingerprint density at radius 2 is 1.44 bits per heavy atom. The summed E-state index contributed by atoms with van der Waals surface area (Å²) in [4.78, 5) is 0. The first-order valence-electron chi connectivity index (χ1n) is 6.81. The Kier molecular flexibility index (Phi) is 2.94. The lowest BCUT2D eigenvalue weighted by molar-refractivity contribution is -0.181. The zero-order valence-electron chi connectivity index (χ0n) is 10.1. The molecule has 3 heteroatoms. The minimum absolute atomic E-state index is 0.0824. The minimum atomic E-state index is 0.0824. The van der Waals surface area contributed by atoms with Crippen LogP contribution in [0.2, 0.25) is 0 Å². The van der Waals surface area contributed by atoms with Gasteiger partial charge in [0.25, 0.3) is 0 Å². The topological polar surface area (TPSA) is 30.5 Å². The van der Waals surface area contributed by atoms with Gasteiger partial charge in [0.05, 0.1) is 11.2 Å². The highest BCUT2D eigenvalue weighted by Crippen LogP contribution is 2.41. The molecule has 16 heavy (non-hydrogen) atoms. The van der Waals surface area contributed by atoms with Crippen LogP contribution in [0.3, 0.4) is 0 Å². The van der Waals surface area contributed by atoms with Crippen LogP contribution in [0.25, 0.3) is 0 Å². The molecule has 1 saturated carbocycles. The van der Waals surface area contributed by atoms with Crippen molar-refractivity contribution in [3.8, 4) is 0 Å². The van der Waals surface area contributed by atoms with Crippen LogP contribution in [0.4, 0.5) is 0 Å². The lowest BCUT2D eigenvalue weighted by Crippen LogP contribution is -2.59. The van der Waals surface area contributed by atoms with Crippen molar-refractivity contribution >= 4 is 0 Å². The maximum atomic E-state index is 6.60. The fraction of sp³-hybridized carbons (Fsp3) is 1.00. The van der Waals surface area contributed by atoms with Gasteiger partial charge in [-0.2, -0.15) is 0 Å². The van der Waals surface area contributed by atoms with E-state index in [-0.39, 0.29) is 11.2 Å². The van der Waals surface area contributed by atoms with Crippen molar-refractivity contribution in [3.05, 3.63) is 0 Å². The van der Waals surface area contributed by atoms with Crippen molar-refractivity contribution in [3.63, 3.8) is 0 Å². The maximum absolute atomic E-state index is 6.60. The first-order valence-corrected chi connectivity index (χ1v) is 6.81. The largest absolute Gasteiger partial charge is 0.381 e. The van der Waals surface area contributed by atoms with Crippen LogP contribution in [0, 0.1) is 0 Å². The second-order valence-electron chi connectivity index (χ2n) is 5.74. The Morgan fingerprint density at radius 1 is 0.750 bits per heavy atom. The summed E-state index contributed by atoms with van der Waals surface area (Å²) in [5.41, 5.74) is 0.252. The summed E-state index contributed by atoms with van der Waals surface area (Å²) >= 11 is 0. The minimum Gasteiger partial charge on any atom is -0.381 e. The molecule has 1 N–H and O–H groups in total. The standard InChI is InChI=1S/C13H23NO2/c1-2-5-12(4-1)10-14-11-13(16-12)6-3-8-15-9-7-13/h14H,1-11H2. The summed E-state index contributed by atoms with van der Waals surface area (Å²) in [5.74, 6) is 0. The van der Waals surface area contributed by atoms with Gasteiger partial charge in [-0.3, -0.25) is 0 Å². The summed E-state index contributed by atoms with van der Waals surface area (Å²) in [7, 11) is 0. The summed E-state index contributed by atoms with van der Waals surface area (Å²) in [6.07, 6.45) is 8.58. The van der Waals surface area contributed by atoms with Gasteiger partial charge in [0.1, 0.15) is 0 Å². The molecule has 3 nitrogen and oxygen atoms in total. The van der Waals surface area contributed by atoms with Gasteiger partial charge in [0.2, 0.25) is 0 Å². The number of rotatable bonds is 0. The number of hydrogen-bond donors (Lipinski definition) is 1. The van der Waals surface area contributed by atoms with Crippen molar-refractivity contribution in [1.82, 2.24) is 5.32 Å². The molecule has 1 aliphatic carbocycles. The smallest absolute Gasteiger partial charge is 0.0837 e. The monoisotopic (exact) mass is 225 g/mol. The number of hydrogen-bond acceptors (Lipinski definition) is 3. The van der Waals surface area contributed by atoms with Crippen molar-refractivity contribution < 1.29 is 9.47 Å². The predicted molar refractivity (Wildman–Crippen MR) is 62.6 cm³/mol. The number of ether oxygens (including phenoxy) is 2. The van der Waals surface area contributed by atoms with E-state index in [4.69, 9.17) is 9.47 Å². The van der Waals surface area contributed by atoms with Crippen molar-refractivity contribution in [2.75, 3.05) is 26.3 Å². The number of morpholine rings is 1. The van der Waals surface area contributed by atoms with Gasteiger partial charge in [-0.05, 0) is 25.7 Å². The van der Waals surface area contributed by atoms with Gasteiger partial charge in [-0.1, -0.05) is 12.8 Å². The first kappa shape index (κ1) is 11.0. The quantitative estimate of drug-likeness (QED) is 0.682. The second-order valence-corrected chi connectivity index (χ2v) is 5.74. The molecule has 0 amide bonds. The normalized spacial score (nSPS) is 39.0. The van der Waals surface area contributed by atoms with Crippen LogP contribution < -0.4 is 5.32 Å². The van der Waals surface area contributed by atoms with Crippen LogP contribution in [-0.4, -0.2) is 37.5 Å². The van der Waals surface area contributed by atoms with Crippen LogP contribution >= 0.6 is 0 Å². The van der Waals surface area contributed by atoms with Crippen LogP contribution in [0.1, 0.15) is 44.9 Å². The number of nitrogens with one attached hydrogen (secondary N) is 1. The van der Waals surface area contributed by atoms with Gasteiger partial charge in [0, 0.05) is 32.7 Å². The third kappa shape index (κ3) is 2.01. The van der Waals surface area contributed by atoms with Gasteiger partial charge in [-0.15, -0.1) is 0 Å². The molecule has 0 bridgehead atoms. The van der Waals surface area contributed by atoms with Gasteiger partial charge in [0.15, 0.2) is 0 Å². The lowest BCUT2D eigenvalue weighted by Gasteiger charge is -2.47. The lowest BCUT2D eigenvalue weighted by atomic mass is 9.88. The molecule has 92 valence electrons. The highest BCUT2D eigenvalue weighted by molar-refractivity contribution is 4.99. The molecule has 0 radical (unpaired) electrons. The molecule has 3 rings (SSSR count). The molecular formula is C13H23NO2. The zero-order valence-corrected chi connectivity index (χ0v) is 10.1. The predicted octanol–water partition coefficient (Wildman–Crippen LogP) is 1.86. The maximum Gasteiger partial charge on any atom is 0.0837 e. The molecule has 2 saturated heterocycles. The van der Waals surface area contributed by atoms with E-state index in [0.717, 1.165) is 39.1 Å². The third-order valence-corrected chi connectivity index (χ3v) is 4.47.